The van der Waals surface area contributed by atoms with Crippen LogP contribution in [0.1, 0.15) is 39.8 Å². The Morgan fingerprint density at radius 1 is 1.31 bits per heavy atom. The van der Waals surface area contributed by atoms with Gasteiger partial charge in [0.05, 0.1) is 5.69 Å². The van der Waals surface area contributed by atoms with Crippen molar-refractivity contribution < 1.29 is 0 Å². The minimum Gasteiger partial charge on any atom is -0.366 e. The first-order valence-corrected chi connectivity index (χ1v) is 5.74. The van der Waals surface area contributed by atoms with Gasteiger partial charge < -0.3 is 11.1 Å². The maximum absolute atomic E-state index is 5.49. The van der Waals surface area contributed by atoms with Gasteiger partial charge in [-0.15, -0.1) is 5.10 Å². The molecule has 0 aromatic carbocycles. The molecule has 0 radical (unpaired) electrons. The fraction of sp³-hybridized carbons (Fsp3) is 0.667. The van der Waals surface area contributed by atoms with Crippen LogP contribution in [0.2, 0.25) is 0 Å². The van der Waals surface area contributed by atoms with Gasteiger partial charge in [0.2, 0.25) is 0 Å². The third-order valence-electron chi connectivity index (χ3n) is 2.43. The molecule has 4 nitrogen and oxygen atoms in total. The number of nitrogens with zero attached hydrogens (tertiary/aromatic N) is 2. The minimum absolute atomic E-state index is 0.0500. The molecule has 16 heavy (non-hydrogen) atoms. The van der Waals surface area contributed by atoms with Gasteiger partial charge in [-0.25, -0.2) is 0 Å². The number of nitrogens with one attached hydrogen (secondary N) is 1. The second-order valence-corrected chi connectivity index (χ2v) is 5.18. The molecule has 3 N–H and O–H groups in total. The molecule has 4 heteroatoms. The highest BCUT2D eigenvalue weighted by atomic mass is 15.2. The van der Waals surface area contributed by atoms with Crippen LogP contribution in [0.25, 0.3) is 0 Å². The number of aromatic nitrogens is 2. The van der Waals surface area contributed by atoms with E-state index in [0.717, 1.165) is 17.9 Å². The van der Waals surface area contributed by atoms with Gasteiger partial charge in [-0.2, -0.15) is 5.10 Å². The molecule has 0 spiro atoms. The van der Waals surface area contributed by atoms with Gasteiger partial charge >= 0.3 is 0 Å². The SMILES string of the molecule is CC(CCN)Nc1ccc(C(C)(C)C)nn1. The van der Waals surface area contributed by atoms with Crippen LogP contribution in [0.3, 0.4) is 0 Å². The molecule has 0 bridgehead atoms. The summed E-state index contributed by atoms with van der Waals surface area (Å²) in [6.07, 6.45) is 0.933. The van der Waals surface area contributed by atoms with Crippen molar-refractivity contribution in [1.29, 1.82) is 0 Å². The molecule has 0 saturated carbocycles. The Bertz CT molecular complexity index is 313. The van der Waals surface area contributed by atoms with Crippen molar-refractivity contribution in [3.63, 3.8) is 0 Å². The molecule has 0 aliphatic rings. The van der Waals surface area contributed by atoms with Crippen molar-refractivity contribution in [1.82, 2.24) is 10.2 Å². The third-order valence-corrected chi connectivity index (χ3v) is 2.43. The maximum atomic E-state index is 5.49. The molecule has 0 amide bonds. The highest BCUT2D eigenvalue weighted by molar-refractivity contribution is 5.34. The molecule has 1 unspecified atom stereocenters. The molecule has 90 valence electrons. The van der Waals surface area contributed by atoms with Gasteiger partial charge in [-0.3, -0.25) is 0 Å². The summed E-state index contributed by atoms with van der Waals surface area (Å²) in [6.45, 7) is 9.15. The zero-order chi connectivity index (χ0) is 12.2. The lowest BCUT2D eigenvalue weighted by molar-refractivity contribution is 0.558. The lowest BCUT2D eigenvalue weighted by Gasteiger charge is -2.18. The van der Waals surface area contributed by atoms with Gasteiger partial charge in [0.15, 0.2) is 0 Å². The first-order valence-electron chi connectivity index (χ1n) is 5.74. The second kappa shape index (κ2) is 5.25. The monoisotopic (exact) mass is 222 g/mol. The van der Waals surface area contributed by atoms with Crippen LogP contribution >= 0.6 is 0 Å². The van der Waals surface area contributed by atoms with Crippen LogP contribution in [-0.4, -0.2) is 22.8 Å². The van der Waals surface area contributed by atoms with E-state index in [4.69, 9.17) is 5.73 Å². The predicted octanol–water partition coefficient (Wildman–Crippen LogP) is 1.92. The highest BCUT2D eigenvalue weighted by Crippen LogP contribution is 2.19. The molecule has 1 atom stereocenters. The van der Waals surface area contributed by atoms with E-state index in [9.17, 15) is 0 Å². The van der Waals surface area contributed by atoms with E-state index in [1.165, 1.54) is 0 Å². The van der Waals surface area contributed by atoms with Crippen LogP contribution in [0, 0.1) is 0 Å². The van der Waals surface area contributed by atoms with Crippen LogP contribution in [-0.2, 0) is 5.41 Å². The normalized spacial score (nSPS) is 13.6. The van der Waals surface area contributed by atoms with Gasteiger partial charge in [0.25, 0.3) is 0 Å². The van der Waals surface area contributed by atoms with Crippen molar-refractivity contribution in [2.24, 2.45) is 5.73 Å². The van der Waals surface area contributed by atoms with E-state index in [1.807, 2.05) is 12.1 Å². The molecule has 0 aliphatic heterocycles. The van der Waals surface area contributed by atoms with Gasteiger partial charge in [0.1, 0.15) is 5.82 Å². The number of hydrogen-bond acceptors (Lipinski definition) is 4. The molecule has 0 aliphatic carbocycles. The molecule has 0 saturated heterocycles. The fourth-order valence-corrected chi connectivity index (χ4v) is 1.38. The van der Waals surface area contributed by atoms with Crippen LogP contribution in [0.4, 0.5) is 5.82 Å². The van der Waals surface area contributed by atoms with Crippen molar-refractivity contribution in [2.75, 3.05) is 11.9 Å². The predicted molar refractivity (Wildman–Crippen MR) is 67.5 cm³/mol. The molecule has 0 fully saturated rings. The van der Waals surface area contributed by atoms with Crippen LogP contribution < -0.4 is 11.1 Å². The summed E-state index contributed by atoms with van der Waals surface area (Å²) in [5, 5.41) is 11.7. The molecule has 1 aromatic rings. The van der Waals surface area contributed by atoms with E-state index < -0.39 is 0 Å². The van der Waals surface area contributed by atoms with E-state index in [2.05, 4.69) is 43.2 Å². The molecular weight excluding hydrogens is 200 g/mol. The van der Waals surface area contributed by atoms with Crippen LogP contribution in [0.15, 0.2) is 12.1 Å². The summed E-state index contributed by atoms with van der Waals surface area (Å²) in [5.41, 5.74) is 6.54. The van der Waals surface area contributed by atoms with Gasteiger partial charge in [-0.05, 0) is 32.0 Å². The summed E-state index contributed by atoms with van der Waals surface area (Å²) in [5.74, 6) is 0.814. The third kappa shape index (κ3) is 3.77. The quantitative estimate of drug-likeness (QED) is 0.817. The number of nitrogens with two attached hydrogens (primary N) is 1. The Balaban J connectivity index is 2.65. The maximum Gasteiger partial charge on any atom is 0.148 e. The summed E-state index contributed by atoms with van der Waals surface area (Å²) < 4.78 is 0. The largest absolute Gasteiger partial charge is 0.366 e. The minimum atomic E-state index is 0.0500. The lowest BCUT2D eigenvalue weighted by Crippen LogP contribution is -2.21. The van der Waals surface area contributed by atoms with Gasteiger partial charge in [-0.1, -0.05) is 20.8 Å². The van der Waals surface area contributed by atoms with Gasteiger partial charge in [0, 0.05) is 11.5 Å². The number of rotatable bonds is 4. The molecule has 1 heterocycles. The van der Waals surface area contributed by atoms with E-state index in [1.54, 1.807) is 0 Å². The summed E-state index contributed by atoms with van der Waals surface area (Å²) in [7, 11) is 0. The topological polar surface area (TPSA) is 63.8 Å². The smallest absolute Gasteiger partial charge is 0.148 e. The Labute approximate surface area is 97.6 Å². The van der Waals surface area contributed by atoms with E-state index in [-0.39, 0.29) is 5.41 Å². The first kappa shape index (κ1) is 12.9. The average molecular weight is 222 g/mol. The summed E-state index contributed by atoms with van der Waals surface area (Å²) in [6, 6.07) is 4.32. The summed E-state index contributed by atoms with van der Waals surface area (Å²) in [4.78, 5) is 0. The van der Waals surface area contributed by atoms with Crippen molar-refractivity contribution in [3.8, 4) is 0 Å². The standard InChI is InChI=1S/C12H22N4/c1-9(7-8-13)14-11-6-5-10(15-16-11)12(2,3)4/h5-6,9H,7-8,13H2,1-4H3,(H,14,16). The zero-order valence-corrected chi connectivity index (χ0v) is 10.6. The Morgan fingerprint density at radius 3 is 2.44 bits per heavy atom. The first-order chi connectivity index (χ1) is 7.43. The Hall–Kier alpha value is -1.16. The van der Waals surface area contributed by atoms with E-state index in [0.29, 0.717) is 12.6 Å². The number of hydrogen-bond donors (Lipinski definition) is 2. The van der Waals surface area contributed by atoms with Crippen molar-refractivity contribution in [2.45, 2.75) is 45.6 Å². The average Bonchev–Trinajstić information content (AvgIpc) is 2.17. The lowest BCUT2D eigenvalue weighted by atomic mass is 9.92. The second-order valence-electron chi connectivity index (χ2n) is 5.18. The molecule has 1 aromatic heterocycles. The summed E-state index contributed by atoms with van der Waals surface area (Å²) >= 11 is 0. The van der Waals surface area contributed by atoms with Crippen molar-refractivity contribution >= 4 is 5.82 Å². The van der Waals surface area contributed by atoms with Crippen LogP contribution in [0.5, 0.6) is 0 Å². The highest BCUT2D eigenvalue weighted by Gasteiger charge is 2.15. The zero-order valence-electron chi connectivity index (χ0n) is 10.6. The Morgan fingerprint density at radius 2 is 2.00 bits per heavy atom. The Kier molecular flexibility index (Phi) is 4.24. The van der Waals surface area contributed by atoms with E-state index >= 15 is 0 Å². The van der Waals surface area contributed by atoms with Crippen molar-refractivity contribution in [3.05, 3.63) is 17.8 Å². The molecular formula is C12H22N4. The fourth-order valence-electron chi connectivity index (χ4n) is 1.38. The number of anilines is 1. The molecule has 1 rings (SSSR count).